The van der Waals surface area contributed by atoms with E-state index in [9.17, 15) is 9.59 Å². The van der Waals surface area contributed by atoms with Crippen LogP contribution in [-0.2, 0) is 11.3 Å². The first-order valence-corrected chi connectivity index (χ1v) is 7.57. The van der Waals surface area contributed by atoms with Crippen molar-refractivity contribution in [3.8, 4) is 0 Å². The topological polar surface area (TPSA) is 73.7 Å². The Labute approximate surface area is 130 Å². The number of pyridine rings is 1. The molecule has 0 aromatic carbocycles. The zero-order valence-corrected chi connectivity index (χ0v) is 13.2. The predicted molar refractivity (Wildman–Crippen MR) is 82.3 cm³/mol. The molecule has 0 unspecified atom stereocenters. The number of carboxylic acids is 1. The number of carboxylic acid groups (broad SMARTS) is 1. The van der Waals surface area contributed by atoms with Gasteiger partial charge in [0.05, 0.1) is 6.42 Å². The van der Waals surface area contributed by atoms with Crippen LogP contribution in [0.2, 0.25) is 0 Å². The van der Waals surface area contributed by atoms with E-state index in [1.165, 1.54) is 0 Å². The lowest BCUT2D eigenvalue weighted by Gasteiger charge is -2.36. The minimum Gasteiger partial charge on any atom is -0.481 e. The van der Waals surface area contributed by atoms with Gasteiger partial charge in [-0.05, 0) is 44.4 Å². The molecule has 22 heavy (non-hydrogen) atoms. The predicted octanol–water partition coefficient (Wildman–Crippen LogP) is 2.35. The second kappa shape index (κ2) is 6.77. The number of likely N-dealkylation sites (tertiary alicyclic amines) is 1. The van der Waals surface area contributed by atoms with Crippen LogP contribution in [0.25, 0.3) is 0 Å². The summed E-state index contributed by atoms with van der Waals surface area (Å²) in [5.41, 5.74) is 0.780. The molecule has 6 nitrogen and oxygen atoms in total. The number of aromatic nitrogens is 1. The molecule has 0 bridgehead atoms. The van der Waals surface area contributed by atoms with Gasteiger partial charge < -0.3 is 14.9 Å². The minimum absolute atomic E-state index is 0.0505. The summed E-state index contributed by atoms with van der Waals surface area (Å²) in [6, 6.07) is 3.60. The molecule has 2 amide bonds. The Hall–Kier alpha value is -2.11. The van der Waals surface area contributed by atoms with Crippen LogP contribution in [0.3, 0.4) is 0 Å². The highest BCUT2D eigenvalue weighted by molar-refractivity contribution is 5.76. The van der Waals surface area contributed by atoms with Crippen LogP contribution >= 0.6 is 0 Å². The zero-order chi connectivity index (χ0) is 16.2. The molecule has 1 N–H and O–H groups in total. The fourth-order valence-electron chi connectivity index (χ4n) is 2.81. The molecule has 0 radical (unpaired) electrons. The zero-order valence-electron chi connectivity index (χ0n) is 13.2. The van der Waals surface area contributed by atoms with E-state index >= 15 is 0 Å². The summed E-state index contributed by atoms with van der Waals surface area (Å²) in [6.45, 7) is 5.45. The summed E-state index contributed by atoms with van der Waals surface area (Å²) in [7, 11) is 0. The molecule has 6 heteroatoms. The van der Waals surface area contributed by atoms with E-state index in [1.54, 1.807) is 17.3 Å². The molecule has 120 valence electrons. The summed E-state index contributed by atoms with van der Waals surface area (Å²) in [4.78, 5) is 31.1. The van der Waals surface area contributed by atoms with Crippen molar-refractivity contribution < 1.29 is 14.7 Å². The highest BCUT2D eigenvalue weighted by Gasteiger charge is 2.37. The van der Waals surface area contributed by atoms with Gasteiger partial charge in [-0.2, -0.15) is 0 Å². The Morgan fingerprint density at radius 1 is 1.36 bits per heavy atom. The van der Waals surface area contributed by atoms with E-state index in [2.05, 4.69) is 18.8 Å². The van der Waals surface area contributed by atoms with Gasteiger partial charge >= 0.3 is 12.0 Å². The average Bonchev–Trinajstić information content (AvgIpc) is 2.83. The van der Waals surface area contributed by atoms with E-state index < -0.39 is 5.97 Å². The van der Waals surface area contributed by atoms with Gasteiger partial charge in [-0.3, -0.25) is 9.78 Å². The van der Waals surface area contributed by atoms with E-state index in [1.807, 2.05) is 17.0 Å². The quantitative estimate of drug-likeness (QED) is 0.906. The fourth-order valence-corrected chi connectivity index (χ4v) is 2.81. The Morgan fingerprint density at radius 2 is 2.05 bits per heavy atom. The van der Waals surface area contributed by atoms with Crippen molar-refractivity contribution in [2.45, 2.75) is 45.2 Å². The molecule has 2 rings (SSSR count). The van der Waals surface area contributed by atoms with Gasteiger partial charge in [-0.15, -0.1) is 0 Å². The summed E-state index contributed by atoms with van der Waals surface area (Å²) < 4.78 is 0. The highest BCUT2D eigenvalue weighted by atomic mass is 16.4. The molecule has 1 fully saturated rings. The first-order valence-electron chi connectivity index (χ1n) is 7.57. The van der Waals surface area contributed by atoms with E-state index in [0.717, 1.165) is 24.9 Å². The normalized spacial score (nSPS) is 16.5. The van der Waals surface area contributed by atoms with Gasteiger partial charge in [0.1, 0.15) is 0 Å². The number of hydrogen-bond acceptors (Lipinski definition) is 3. The molecule has 1 aliphatic heterocycles. The number of carbonyl (C=O) groups excluding carboxylic acids is 1. The van der Waals surface area contributed by atoms with Crippen LogP contribution in [0.5, 0.6) is 0 Å². The summed E-state index contributed by atoms with van der Waals surface area (Å²) in [6.07, 6.45) is 5.26. The number of aliphatic carboxylic acids is 1. The molecule has 2 heterocycles. The van der Waals surface area contributed by atoms with Gasteiger partial charge in [0.2, 0.25) is 0 Å². The second-order valence-electron chi connectivity index (χ2n) is 6.27. The Bertz CT molecular complexity index is 531. The van der Waals surface area contributed by atoms with Crippen LogP contribution in [0.1, 0.15) is 38.7 Å². The largest absolute Gasteiger partial charge is 0.481 e. The van der Waals surface area contributed by atoms with Crippen molar-refractivity contribution in [3.63, 3.8) is 0 Å². The van der Waals surface area contributed by atoms with Crippen molar-refractivity contribution in [2.24, 2.45) is 0 Å². The Morgan fingerprint density at radius 3 is 2.59 bits per heavy atom. The lowest BCUT2D eigenvalue weighted by atomic mass is 10.0. The fraction of sp³-hybridized carbons (Fsp3) is 0.562. The molecule has 0 atom stereocenters. The lowest BCUT2D eigenvalue weighted by molar-refractivity contribution is -0.137. The van der Waals surface area contributed by atoms with Gasteiger partial charge in [-0.1, -0.05) is 0 Å². The first kappa shape index (κ1) is 16.3. The lowest BCUT2D eigenvalue weighted by Crippen LogP contribution is -2.50. The Kier molecular flexibility index (Phi) is 5.00. The molecular formula is C16H23N3O3. The summed E-state index contributed by atoms with van der Waals surface area (Å²) in [5, 5.41) is 8.92. The molecule has 1 aromatic rings. The van der Waals surface area contributed by atoms with Gasteiger partial charge in [0.25, 0.3) is 0 Å². The second-order valence-corrected chi connectivity index (χ2v) is 6.27. The van der Waals surface area contributed by atoms with E-state index in [4.69, 9.17) is 5.11 Å². The van der Waals surface area contributed by atoms with Gasteiger partial charge in [-0.25, -0.2) is 4.79 Å². The number of nitrogens with zero attached hydrogens (tertiary/aromatic N) is 3. The number of rotatable bonds is 5. The highest BCUT2D eigenvalue weighted by Crippen LogP contribution is 2.29. The van der Waals surface area contributed by atoms with Crippen molar-refractivity contribution in [3.05, 3.63) is 30.1 Å². The average molecular weight is 305 g/mol. The SMILES string of the molecule is CC1(C)CCCN1C(=O)N(CCC(=O)O)Cc1ccncc1. The van der Waals surface area contributed by atoms with Gasteiger partial charge in [0.15, 0.2) is 0 Å². The molecule has 1 aromatic heterocycles. The van der Waals surface area contributed by atoms with Crippen molar-refractivity contribution in [1.29, 1.82) is 0 Å². The minimum atomic E-state index is -0.895. The standard InChI is InChI=1S/C16H23N3O3/c1-16(2)7-3-10-19(16)15(22)18(11-6-14(20)21)12-13-4-8-17-9-5-13/h4-5,8-9H,3,6-7,10-12H2,1-2H3,(H,20,21). The van der Waals surface area contributed by atoms with Crippen LogP contribution in [0.15, 0.2) is 24.5 Å². The first-order chi connectivity index (χ1) is 10.4. The number of carbonyl (C=O) groups is 2. The van der Waals surface area contributed by atoms with Crippen molar-refractivity contribution >= 4 is 12.0 Å². The number of hydrogen-bond donors (Lipinski definition) is 1. The maximum Gasteiger partial charge on any atom is 0.320 e. The number of urea groups is 1. The van der Waals surface area contributed by atoms with E-state index in [-0.39, 0.29) is 24.5 Å². The van der Waals surface area contributed by atoms with Crippen LogP contribution in [0, 0.1) is 0 Å². The molecule has 0 aliphatic carbocycles. The van der Waals surface area contributed by atoms with Crippen molar-refractivity contribution in [2.75, 3.05) is 13.1 Å². The molecule has 1 aliphatic rings. The molecule has 1 saturated heterocycles. The maximum absolute atomic E-state index is 12.8. The summed E-state index contributed by atoms with van der Waals surface area (Å²) >= 11 is 0. The molecule has 0 saturated carbocycles. The van der Waals surface area contributed by atoms with Gasteiger partial charge in [0, 0.05) is 37.6 Å². The van der Waals surface area contributed by atoms with E-state index in [0.29, 0.717) is 6.54 Å². The third-order valence-corrected chi connectivity index (χ3v) is 4.12. The number of amides is 2. The van der Waals surface area contributed by atoms with Crippen LogP contribution < -0.4 is 0 Å². The summed E-state index contributed by atoms with van der Waals surface area (Å²) in [5.74, 6) is -0.895. The molecular weight excluding hydrogens is 282 g/mol. The Balaban J connectivity index is 2.12. The van der Waals surface area contributed by atoms with Crippen LogP contribution in [-0.4, -0.2) is 50.5 Å². The maximum atomic E-state index is 12.8. The van der Waals surface area contributed by atoms with Crippen LogP contribution in [0.4, 0.5) is 4.79 Å². The molecule has 0 spiro atoms. The monoisotopic (exact) mass is 305 g/mol. The third-order valence-electron chi connectivity index (χ3n) is 4.12. The third kappa shape index (κ3) is 3.96. The smallest absolute Gasteiger partial charge is 0.320 e. The van der Waals surface area contributed by atoms with Crippen molar-refractivity contribution in [1.82, 2.24) is 14.8 Å².